The number of pyridine rings is 2. The van der Waals surface area contributed by atoms with Gasteiger partial charge in [0.2, 0.25) is 5.91 Å². The number of amides is 1. The number of carbonyl (C=O) groups excluding carboxylic acids is 1. The van der Waals surface area contributed by atoms with Crippen LogP contribution in [-0.2, 0) is 17.8 Å². The van der Waals surface area contributed by atoms with Crippen molar-refractivity contribution in [2.45, 2.75) is 25.8 Å². The largest absolute Gasteiger partial charge is 0.348 e. The van der Waals surface area contributed by atoms with Gasteiger partial charge in [-0.3, -0.25) is 19.7 Å². The number of likely N-dealkylation sites (tertiary alicyclic amines) is 1. The van der Waals surface area contributed by atoms with Gasteiger partial charge in [-0.2, -0.15) is 0 Å². The van der Waals surface area contributed by atoms with E-state index in [2.05, 4.69) is 57.3 Å². The zero-order valence-electron chi connectivity index (χ0n) is 18.4. The third-order valence-corrected chi connectivity index (χ3v) is 6.14. The Balaban J connectivity index is 1.60. The fourth-order valence-electron chi connectivity index (χ4n) is 4.76. The van der Waals surface area contributed by atoms with E-state index < -0.39 is 5.41 Å². The lowest BCUT2D eigenvalue weighted by Gasteiger charge is -2.43. The van der Waals surface area contributed by atoms with Crippen LogP contribution < -0.4 is 0 Å². The third-order valence-electron chi connectivity index (χ3n) is 6.14. The second-order valence-electron chi connectivity index (χ2n) is 8.77. The van der Waals surface area contributed by atoms with E-state index in [4.69, 9.17) is 0 Å². The van der Waals surface area contributed by atoms with Crippen LogP contribution in [0.2, 0.25) is 0 Å². The van der Waals surface area contributed by atoms with E-state index in [0.29, 0.717) is 0 Å². The highest BCUT2D eigenvalue weighted by atomic mass is 16.2. The minimum Gasteiger partial charge on any atom is -0.348 e. The van der Waals surface area contributed by atoms with Crippen LogP contribution in [-0.4, -0.2) is 52.9 Å². The van der Waals surface area contributed by atoms with Crippen LogP contribution in [0.4, 0.5) is 0 Å². The molecule has 1 amide bonds. The van der Waals surface area contributed by atoms with Gasteiger partial charge in [0, 0.05) is 52.0 Å². The van der Waals surface area contributed by atoms with Gasteiger partial charge in [-0.05, 0) is 66.3 Å². The molecule has 3 aromatic rings. The van der Waals surface area contributed by atoms with Crippen molar-refractivity contribution in [3.8, 4) is 11.1 Å². The Morgan fingerprint density at radius 3 is 2.55 bits per heavy atom. The second-order valence-corrected chi connectivity index (χ2v) is 8.77. The van der Waals surface area contributed by atoms with Crippen molar-refractivity contribution >= 4 is 5.91 Å². The van der Waals surface area contributed by atoms with Crippen molar-refractivity contribution in [3.63, 3.8) is 0 Å². The standard InChI is InChI=1S/C26H30N4O/c1-29(2)25(31)26(11-5-15-30(20-26)19-21-9-13-27-14-10-21)17-22-6-3-7-23(16-22)24-8-4-12-28-18-24/h3-4,6-10,12-14,16,18H,5,11,15,17,19-20H2,1-2H3. The fourth-order valence-corrected chi connectivity index (χ4v) is 4.76. The van der Waals surface area contributed by atoms with E-state index in [1.54, 1.807) is 11.1 Å². The maximum Gasteiger partial charge on any atom is 0.229 e. The zero-order chi connectivity index (χ0) is 21.7. The number of benzene rings is 1. The molecule has 0 aliphatic carbocycles. The predicted molar refractivity (Wildman–Crippen MR) is 123 cm³/mol. The van der Waals surface area contributed by atoms with Gasteiger partial charge >= 0.3 is 0 Å². The molecule has 1 saturated heterocycles. The molecule has 0 saturated carbocycles. The van der Waals surface area contributed by atoms with Crippen molar-refractivity contribution in [2.24, 2.45) is 5.41 Å². The molecule has 3 heterocycles. The lowest BCUT2D eigenvalue weighted by atomic mass is 9.73. The smallest absolute Gasteiger partial charge is 0.229 e. The summed E-state index contributed by atoms with van der Waals surface area (Å²) in [6, 6.07) is 16.7. The quantitative estimate of drug-likeness (QED) is 0.610. The number of carbonyl (C=O) groups is 1. The van der Waals surface area contributed by atoms with Crippen molar-refractivity contribution in [1.82, 2.24) is 19.8 Å². The van der Waals surface area contributed by atoms with Gasteiger partial charge in [-0.1, -0.05) is 30.3 Å². The first kappa shape index (κ1) is 21.2. The summed E-state index contributed by atoms with van der Waals surface area (Å²) in [5.74, 6) is 0.221. The van der Waals surface area contributed by atoms with Gasteiger partial charge in [-0.15, -0.1) is 0 Å². The van der Waals surface area contributed by atoms with Gasteiger partial charge in [-0.25, -0.2) is 0 Å². The van der Waals surface area contributed by atoms with Gasteiger partial charge in [0.15, 0.2) is 0 Å². The van der Waals surface area contributed by atoms with Gasteiger partial charge in [0.05, 0.1) is 5.41 Å². The maximum absolute atomic E-state index is 13.5. The molecule has 0 bridgehead atoms. The summed E-state index contributed by atoms with van der Waals surface area (Å²) < 4.78 is 0. The van der Waals surface area contributed by atoms with Crippen molar-refractivity contribution < 1.29 is 4.79 Å². The van der Waals surface area contributed by atoms with Crippen molar-refractivity contribution in [1.29, 1.82) is 0 Å². The molecule has 1 atom stereocenters. The summed E-state index contributed by atoms with van der Waals surface area (Å²) >= 11 is 0. The molecule has 31 heavy (non-hydrogen) atoms. The molecule has 5 heteroatoms. The van der Waals surface area contributed by atoms with Crippen LogP contribution in [0.25, 0.3) is 11.1 Å². The summed E-state index contributed by atoms with van der Waals surface area (Å²) in [5.41, 5.74) is 4.26. The number of piperidine rings is 1. The minimum absolute atomic E-state index is 0.221. The van der Waals surface area contributed by atoms with E-state index in [1.807, 2.05) is 38.8 Å². The normalized spacial score (nSPS) is 19.2. The lowest BCUT2D eigenvalue weighted by molar-refractivity contribution is -0.143. The van der Waals surface area contributed by atoms with Crippen molar-refractivity contribution in [3.05, 3.63) is 84.4 Å². The molecule has 160 valence electrons. The van der Waals surface area contributed by atoms with Gasteiger partial charge in [0.25, 0.3) is 0 Å². The number of hydrogen-bond acceptors (Lipinski definition) is 4. The highest BCUT2D eigenvalue weighted by molar-refractivity contribution is 5.83. The van der Waals surface area contributed by atoms with Crippen molar-refractivity contribution in [2.75, 3.05) is 27.2 Å². The zero-order valence-corrected chi connectivity index (χ0v) is 18.4. The van der Waals surface area contributed by atoms with Crippen LogP contribution in [0, 0.1) is 5.41 Å². The molecule has 0 N–H and O–H groups in total. The molecule has 1 fully saturated rings. The molecule has 1 aromatic carbocycles. The monoisotopic (exact) mass is 414 g/mol. The van der Waals surface area contributed by atoms with Crippen LogP contribution in [0.1, 0.15) is 24.0 Å². The summed E-state index contributed by atoms with van der Waals surface area (Å²) in [4.78, 5) is 26.0. The van der Waals surface area contributed by atoms with Crippen LogP contribution >= 0.6 is 0 Å². The first-order valence-corrected chi connectivity index (χ1v) is 10.9. The molecular formula is C26H30N4O. The summed E-state index contributed by atoms with van der Waals surface area (Å²) in [5, 5.41) is 0. The Kier molecular flexibility index (Phi) is 6.42. The number of aromatic nitrogens is 2. The Bertz CT molecular complexity index is 1010. The van der Waals surface area contributed by atoms with E-state index in [1.165, 1.54) is 11.1 Å². The molecule has 5 nitrogen and oxygen atoms in total. The Morgan fingerprint density at radius 2 is 1.81 bits per heavy atom. The van der Waals surface area contributed by atoms with Gasteiger partial charge in [0.1, 0.15) is 0 Å². The first-order chi connectivity index (χ1) is 15.1. The lowest BCUT2D eigenvalue weighted by Crippen LogP contribution is -2.52. The summed E-state index contributed by atoms with van der Waals surface area (Å²) in [6.07, 6.45) is 10.0. The molecule has 1 aliphatic rings. The Morgan fingerprint density at radius 1 is 1.00 bits per heavy atom. The van der Waals surface area contributed by atoms with Crippen LogP contribution in [0.3, 0.4) is 0 Å². The Hall–Kier alpha value is -3.05. The second kappa shape index (κ2) is 9.40. The van der Waals surface area contributed by atoms with Gasteiger partial charge < -0.3 is 4.90 Å². The molecule has 0 spiro atoms. The van der Waals surface area contributed by atoms with E-state index >= 15 is 0 Å². The maximum atomic E-state index is 13.5. The number of nitrogens with zero attached hydrogens (tertiary/aromatic N) is 4. The third kappa shape index (κ3) is 5.00. The number of hydrogen-bond donors (Lipinski definition) is 0. The van der Waals surface area contributed by atoms with E-state index in [0.717, 1.165) is 50.0 Å². The highest BCUT2D eigenvalue weighted by Gasteiger charge is 2.43. The average Bonchev–Trinajstić information content (AvgIpc) is 2.80. The fraction of sp³-hybridized carbons (Fsp3) is 0.346. The SMILES string of the molecule is CN(C)C(=O)C1(Cc2cccc(-c3cccnc3)c2)CCCN(Cc2ccncc2)C1. The summed E-state index contributed by atoms with van der Waals surface area (Å²) in [6.45, 7) is 2.63. The average molecular weight is 415 g/mol. The predicted octanol–water partition coefficient (Wildman–Crippen LogP) is 4.06. The molecular weight excluding hydrogens is 384 g/mol. The topological polar surface area (TPSA) is 49.3 Å². The molecule has 1 aliphatic heterocycles. The first-order valence-electron chi connectivity index (χ1n) is 10.9. The minimum atomic E-state index is -0.414. The van der Waals surface area contributed by atoms with E-state index in [9.17, 15) is 4.79 Å². The Labute approximate surface area is 184 Å². The summed E-state index contributed by atoms with van der Waals surface area (Å²) in [7, 11) is 3.75. The van der Waals surface area contributed by atoms with E-state index in [-0.39, 0.29) is 5.91 Å². The molecule has 0 radical (unpaired) electrons. The highest BCUT2D eigenvalue weighted by Crippen LogP contribution is 2.36. The molecule has 4 rings (SSSR count). The van der Waals surface area contributed by atoms with Crippen LogP contribution in [0.15, 0.2) is 73.3 Å². The van der Waals surface area contributed by atoms with Crippen LogP contribution in [0.5, 0.6) is 0 Å². The molecule has 1 unspecified atom stereocenters. The molecule has 2 aromatic heterocycles. The number of rotatable bonds is 6.